The Morgan fingerprint density at radius 1 is 1.54 bits per heavy atom. The van der Waals surface area contributed by atoms with E-state index in [4.69, 9.17) is 5.11 Å². The third kappa shape index (κ3) is 7.58. The van der Waals surface area contributed by atoms with Crippen molar-refractivity contribution in [2.45, 2.75) is 32.0 Å². The van der Waals surface area contributed by atoms with E-state index in [0.717, 1.165) is 0 Å². The van der Waals surface area contributed by atoms with Gasteiger partial charge in [-0.05, 0) is 6.92 Å². The number of carbonyl (C=O) groups excluding carboxylic acids is 1. The van der Waals surface area contributed by atoms with Crippen LogP contribution in [0.2, 0.25) is 0 Å². The molecule has 0 aliphatic rings. The molecule has 0 heterocycles. The van der Waals surface area contributed by atoms with Crippen LogP contribution in [0.5, 0.6) is 0 Å². The molecule has 0 rings (SSSR count). The van der Waals surface area contributed by atoms with Gasteiger partial charge in [-0.15, -0.1) is 0 Å². The minimum atomic E-state index is -4.45. The lowest BCUT2D eigenvalue weighted by Crippen LogP contribution is -2.23. The van der Waals surface area contributed by atoms with Gasteiger partial charge in [-0.2, -0.15) is 13.2 Å². The Morgan fingerprint density at radius 3 is 2.46 bits per heavy atom. The van der Waals surface area contributed by atoms with Crippen LogP contribution >= 0.6 is 0 Å². The van der Waals surface area contributed by atoms with Crippen molar-refractivity contribution in [2.75, 3.05) is 6.61 Å². The standard InChI is InChI=1S/C7H11F3O3/c1-2-13-6(12)3-5(11)4-7(8,9)10/h5,11H,2-4H2,1H3/t5-/m1/s1. The number of halogens is 3. The van der Waals surface area contributed by atoms with Crippen LogP contribution in [0.3, 0.4) is 0 Å². The highest BCUT2D eigenvalue weighted by molar-refractivity contribution is 5.69. The number of esters is 1. The topological polar surface area (TPSA) is 46.5 Å². The normalized spacial score (nSPS) is 13.9. The number of rotatable bonds is 4. The van der Waals surface area contributed by atoms with Crippen molar-refractivity contribution in [1.82, 2.24) is 0 Å². The Labute approximate surface area is 73.5 Å². The van der Waals surface area contributed by atoms with E-state index in [9.17, 15) is 18.0 Å². The van der Waals surface area contributed by atoms with Gasteiger partial charge in [-0.1, -0.05) is 0 Å². The second-order valence-electron chi connectivity index (χ2n) is 2.48. The summed E-state index contributed by atoms with van der Waals surface area (Å²) in [4.78, 5) is 10.6. The van der Waals surface area contributed by atoms with Crippen LogP contribution in [0.1, 0.15) is 19.8 Å². The third-order valence-corrected chi connectivity index (χ3v) is 1.17. The van der Waals surface area contributed by atoms with Crippen LogP contribution in [0.4, 0.5) is 13.2 Å². The van der Waals surface area contributed by atoms with Gasteiger partial charge in [0.15, 0.2) is 0 Å². The molecule has 0 aromatic carbocycles. The van der Waals surface area contributed by atoms with E-state index in [1.165, 1.54) is 6.92 Å². The van der Waals surface area contributed by atoms with Crippen molar-refractivity contribution in [3.8, 4) is 0 Å². The van der Waals surface area contributed by atoms with Crippen LogP contribution in [0.15, 0.2) is 0 Å². The molecule has 0 spiro atoms. The SMILES string of the molecule is CCOC(=O)C[C@@H](O)CC(F)(F)F. The van der Waals surface area contributed by atoms with Crippen LogP contribution in [-0.2, 0) is 9.53 Å². The predicted molar refractivity (Wildman–Crippen MR) is 37.9 cm³/mol. The molecule has 0 radical (unpaired) electrons. The number of aliphatic hydroxyl groups excluding tert-OH is 1. The van der Waals surface area contributed by atoms with Gasteiger partial charge in [0.1, 0.15) is 0 Å². The molecule has 0 saturated carbocycles. The highest BCUT2D eigenvalue weighted by Gasteiger charge is 2.32. The zero-order chi connectivity index (χ0) is 10.5. The van der Waals surface area contributed by atoms with Crippen molar-refractivity contribution in [1.29, 1.82) is 0 Å². The fourth-order valence-electron chi connectivity index (χ4n) is 0.752. The fourth-order valence-corrected chi connectivity index (χ4v) is 0.752. The fraction of sp³-hybridized carbons (Fsp3) is 0.857. The summed E-state index contributed by atoms with van der Waals surface area (Å²) < 4.78 is 39.3. The lowest BCUT2D eigenvalue weighted by atomic mass is 10.2. The Kier molecular flexibility index (Phi) is 4.76. The Hall–Kier alpha value is -0.780. The van der Waals surface area contributed by atoms with Crippen LogP contribution in [0, 0.1) is 0 Å². The molecule has 78 valence electrons. The Balaban J connectivity index is 3.74. The minimum absolute atomic E-state index is 0.0948. The molecular weight excluding hydrogens is 189 g/mol. The highest BCUT2D eigenvalue weighted by atomic mass is 19.4. The van der Waals surface area contributed by atoms with Crippen LogP contribution in [-0.4, -0.2) is 30.0 Å². The van der Waals surface area contributed by atoms with Gasteiger partial charge in [0.2, 0.25) is 0 Å². The third-order valence-electron chi connectivity index (χ3n) is 1.17. The molecule has 0 bridgehead atoms. The molecule has 0 fully saturated rings. The van der Waals surface area contributed by atoms with Crippen LogP contribution in [0.25, 0.3) is 0 Å². The molecular formula is C7H11F3O3. The smallest absolute Gasteiger partial charge is 0.391 e. The molecule has 0 aliphatic carbocycles. The molecule has 13 heavy (non-hydrogen) atoms. The Morgan fingerprint density at radius 2 is 2.08 bits per heavy atom. The first kappa shape index (κ1) is 12.2. The van der Waals surface area contributed by atoms with E-state index in [1.54, 1.807) is 0 Å². The number of hydrogen-bond donors (Lipinski definition) is 1. The van der Waals surface area contributed by atoms with Gasteiger partial charge in [-0.3, -0.25) is 4.79 Å². The van der Waals surface area contributed by atoms with Gasteiger partial charge in [-0.25, -0.2) is 0 Å². The average molecular weight is 200 g/mol. The maximum atomic E-state index is 11.6. The lowest BCUT2D eigenvalue weighted by molar-refractivity contribution is -0.161. The number of aliphatic hydroxyl groups is 1. The summed E-state index contributed by atoms with van der Waals surface area (Å²) in [5.41, 5.74) is 0. The van der Waals surface area contributed by atoms with E-state index < -0.39 is 31.1 Å². The average Bonchev–Trinajstić information content (AvgIpc) is 1.81. The second-order valence-corrected chi connectivity index (χ2v) is 2.48. The molecule has 0 unspecified atom stereocenters. The highest BCUT2D eigenvalue weighted by Crippen LogP contribution is 2.22. The van der Waals surface area contributed by atoms with Crippen molar-refractivity contribution < 1.29 is 27.8 Å². The van der Waals surface area contributed by atoms with E-state index in [0.29, 0.717) is 0 Å². The number of ether oxygens (including phenoxy) is 1. The maximum absolute atomic E-state index is 11.6. The van der Waals surface area contributed by atoms with E-state index in [1.807, 2.05) is 0 Å². The quantitative estimate of drug-likeness (QED) is 0.695. The van der Waals surface area contributed by atoms with Crippen molar-refractivity contribution in [3.05, 3.63) is 0 Å². The van der Waals surface area contributed by atoms with Gasteiger partial charge in [0, 0.05) is 0 Å². The summed E-state index contributed by atoms with van der Waals surface area (Å²) >= 11 is 0. The number of hydrogen-bond acceptors (Lipinski definition) is 3. The summed E-state index contributed by atoms with van der Waals surface area (Å²) in [7, 11) is 0. The van der Waals surface area contributed by atoms with E-state index in [2.05, 4.69) is 4.74 Å². The monoisotopic (exact) mass is 200 g/mol. The van der Waals surface area contributed by atoms with E-state index in [-0.39, 0.29) is 6.61 Å². The van der Waals surface area contributed by atoms with Gasteiger partial charge in [0.05, 0.1) is 25.6 Å². The first-order chi connectivity index (χ1) is 5.85. The van der Waals surface area contributed by atoms with E-state index >= 15 is 0 Å². The Bertz CT molecular complexity index is 167. The molecule has 1 N–H and O–H groups in total. The molecule has 1 atom stereocenters. The van der Waals surface area contributed by atoms with Gasteiger partial charge in [0.25, 0.3) is 0 Å². The summed E-state index contributed by atoms with van der Waals surface area (Å²) in [6.45, 7) is 1.63. The molecule has 0 saturated heterocycles. The van der Waals surface area contributed by atoms with Crippen molar-refractivity contribution >= 4 is 5.97 Å². The summed E-state index contributed by atoms with van der Waals surface area (Å²) in [5, 5.41) is 8.76. The molecule has 0 aromatic rings. The summed E-state index contributed by atoms with van der Waals surface area (Å²) in [6, 6.07) is 0. The first-order valence-corrected chi connectivity index (χ1v) is 3.75. The van der Waals surface area contributed by atoms with Crippen molar-refractivity contribution in [3.63, 3.8) is 0 Å². The predicted octanol–water partition coefficient (Wildman–Crippen LogP) is 1.25. The summed E-state index contributed by atoms with van der Waals surface area (Å²) in [6.07, 6.45) is -8.16. The number of carbonyl (C=O) groups is 1. The number of alkyl halides is 3. The first-order valence-electron chi connectivity index (χ1n) is 3.75. The molecule has 6 heteroatoms. The van der Waals surface area contributed by atoms with Crippen molar-refractivity contribution in [2.24, 2.45) is 0 Å². The van der Waals surface area contributed by atoms with Crippen LogP contribution < -0.4 is 0 Å². The largest absolute Gasteiger partial charge is 0.466 e. The molecule has 0 aliphatic heterocycles. The maximum Gasteiger partial charge on any atom is 0.391 e. The lowest BCUT2D eigenvalue weighted by Gasteiger charge is -2.11. The minimum Gasteiger partial charge on any atom is -0.466 e. The molecule has 0 amide bonds. The zero-order valence-corrected chi connectivity index (χ0v) is 7.10. The second kappa shape index (κ2) is 5.06. The van der Waals surface area contributed by atoms with Gasteiger partial charge >= 0.3 is 12.1 Å². The molecule has 3 nitrogen and oxygen atoms in total. The molecule has 0 aromatic heterocycles. The zero-order valence-electron chi connectivity index (χ0n) is 7.10. The van der Waals surface area contributed by atoms with Gasteiger partial charge < -0.3 is 9.84 Å². The summed E-state index contributed by atoms with van der Waals surface area (Å²) in [5.74, 6) is -0.820.